The molecule has 2 heterocycles. The average molecular weight is 386 g/mol. The molecule has 0 aliphatic heterocycles. The molecule has 0 aliphatic carbocycles. The second-order valence-corrected chi connectivity index (χ2v) is 6.88. The van der Waals surface area contributed by atoms with E-state index in [4.69, 9.17) is 0 Å². The molecule has 3 aromatic rings. The van der Waals surface area contributed by atoms with E-state index in [1.165, 1.54) is 23.5 Å². The number of halogens is 1. The molecule has 2 N–H and O–H groups in total. The third-order valence-corrected chi connectivity index (χ3v) is 4.88. The van der Waals surface area contributed by atoms with E-state index < -0.39 is 6.04 Å². The first kappa shape index (κ1) is 18.8. The molecule has 3 rings (SSSR count). The van der Waals surface area contributed by atoms with Gasteiger partial charge in [-0.1, -0.05) is 18.2 Å². The number of benzene rings is 1. The summed E-state index contributed by atoms with van der Waals surface area (Å²) >= 11 is 1.34. The maximum atomic E-state index is 13.2. The molecular formula is C19H19FN4O2S. The monoisotopic (exact) mass is 386 g/mol. The lowest BCUT2D eigenvalue weighted by molar-refractivity contribution is -0.121. The summed E-state index contributed by atoms with van der Waals surface area (Å²) < 4.78 is 15.0. The molecule has 0 saturated carbocycles. The van der Waals surface area contributed by atoms with E-state index in [0.29, 0.717) is 10.7 Å². The van der Waals surface area contributed by atoms with Crippen molar-refractivity contribution in [3.05, 3.63) is 76.3 Å². The largest absolute Gasteiger partial charge is 0.351 e. The van der Waals surface area contributed by atoms with Gasteiger partial charge in [-0.05, 0) is 29.1 Å². The minimum absolute atomic E-state index is 0.124. The molecule has 2 aromatic heterocycles. The number of aryl methyl sites for hydroxylation is 1. The predicted molar refractivity (Wildman–Crippen MR) is 101 cm³/mol. The Labute approximate surface area is 160 Å². The number of thiophene rings is 1. The Morgan fingerprint density at radius 2 is 2.04 bits per heavy atom. The number of carbonyl (C=O) groups is 2. The van der Waals surface area contributed by atoms with Crippen LogP contribution in [0.5, 0.6) is 0 Å². The number of nitrogens with zero attached hydrogens (tertiary/aromatic N) is 2. The van der Waals surface area contributed by atoms with Gasteiger partial charge in [0.1, 0.15) is 17.7 Å². The first-order valence-corrected chi connectivity index (χ1v) is 9.26. The fourth-order valence-electron chi connectivity index (χ4n) is 2.63. The van der Waals surface area contributed by atoms with Crippen LogP contribution in [0.1, 0.15) is 33.5 Å². The van der Waals surface area contributed by atoms with Crippen molar-refractivity contribution < 1.29 is 14.0 Å². The highest BCUT2D eigenvalue weighted by atomic mass is 32.1. The number of amides is 2. The van der Waals surface area contributed by atoms with Gasteiger partial charge in [-0.3, -0.25) is 9.59 Å². The Balaban J connectivity index is 1.63. The van der Waals surface area contributed by atoms with Crippen LogP contribution in [0.3, 0.4) is 0 Å². The molecule has 0 bridgehead atoms. The summed E-state index contributed by atoms with van der Waals surface area (Å²) in [7, 11) is 1.83. The maximum absolute atomic E-state index is 13.2. The minimum Gasteiger partial charge on any atom is -0.351 e. The van der Waals surface area contributed by atoms with Gasteiger partial charge in [0.25, 0.3) is 5.91 Å². The van der Waals surface area contributed by atoms with Crippen molar-refractivity contribution in [2.24, 2.45) is 7.05 Å². The Kier molecular flexibility index (Phi) is 5.97. The number of nitrogens with one attached hydrogen (secondary N) is 2. The summed E-state index contributed by atoms with van der Waals surface area (Å²) in [5, 5.41) is 7.46. The predicted octanol–water partition coefficient (Wildman–Crippen LogP) is 2.65. The smallest absolute Gasteiger partial charge is 0.261 e. The van der Waals surface area contributed by atoms with E-state index in [2.05, 4.69) is 15.6 Å². The molecule has 1 unspecified atom stereocenters. The third-order valence-electron chi connectivity index (χ3n) is 4.01. The fraction of sp³-hybridized carbons (Fsp3) is 0.211. The third kappa shape index (κ3) is 4.79. The maximum Gasteiger partial charge on any atom is 0.261 e. The van der Waals surface area contributed by atoms with E-state index in [-0.39, 0.29) is 30.6 Å². The number of hydrogen-bond donors (Lipinski definition) is 2. The zero-order chi connectivity index (χ0) is 19.2. The lowest BCUT2D eigenvalue weighted by Crippen LogP contribution is -2.34. The number of rotatable bonds is 7. The summed E-state index contributed by atoms with van der Waals surface area (Å²) in [6.45, 7) is 0.221. The van der Waals surface area contributed by atoms with Crippen LogP contribution in [-0.4, -0.2) is 27.9 Å². The van der Waals surface area contributed by atoms with E-state index in [9.17, 15) is 14.0 Å². The van der Waals surface area contributed by atoms with Gasteiger partial charge < -0.3 is 15.2 Å². The highest BCUT2D eigenvalue weighted by Crippen LogP contribution is 2.21. The van der Waals surface area contributed by atoms with Gasteiger partial charge in [-0.15, -0.1) is 11.3 Å². The van der Waals surface area contributed by atoms with Crippen LogP contribution in [0.15, 0.2) is 54.2 Å². The highest BCUT2D eigenvalue weighted by Gasteiger charge is 2.20. The van der Waals surface area contributed by atoms with Crippen molar-refractivity contribution in [3.63, 3.8) is 0 Å². The first-order chi connectivity index (χ1) is 13.0. The van der Waals surface area contributed by atoms with Gasteiger partial charge in [0.2, 0.25) is 5.91 Å². The lowest BCUT2D eigenvalue weighted by atomic mass is 10.1. The summed E-state index contributed by atoms with van der Waals surface area (Å²) in [5.41, 5.74) is 0.724. The highest BCUT2D eigenvalue weighted by molar-refractivity contribution is 7.12. The topological polar surface area (TPSA) is 76.0 Å². The fourth-order valence-corrected chi connectivity index (χ4v) is 3.27. The quantitative estimate of drug-likeness (QED) is 0.655. The van der Waals surface area contributed by atoms with Crippen LogP contribution < -0.4 is 10.6 Å². The second-order valence-electron chi connectivity index (χ2n) is 5.93. The summed E-state index contributed by atoms with van der Waals surface area (Å²) in [6, 6.07) is 8.95. The SMILES string of the molecule is Cn1ccnc1C(NC(=O)CCNC(=O)c1cccs1)c1ccc(F)cc1. The average Bonchev–Trinajstić information content (AvgIpc) is 3.32. The van der Waals surface area contributed by atoms with E-state index in [1.54, 1.807) is 41.2 Å². The molecule has 1 aromatic carbocycles. The second kappa shape index (κ2) is 8.59. The molecule has 0 fully saturated rings. The Hall–Kier alpha value is -3.00. The van der Waals surface area contributed by atoms with Crippen LogP contribution in [0.2, 0.25) is 0 Å². The minimum atomic E-state index is -0.508. The van der Waals surface area contributed by atoms with E-state index in [0.717, 1.165) is 5.56 Å². The van der Waals surface area contributed by atoms with Crippen LogP contribution >= 0.6 is 11.3 Å². The number of hydrogen-bond acceptors (Lipinski definition) is 4. The first-order valence-electron chi connectivity index (χ1n) is 8.38. The van der Waals surface area contributed by atoms with E-state index in [1.807, 2.05) is 12.4 Å². The number of carbonyl (C=O) groups excluding carboxylic acids is 2. The van der Waals surface area contributed by atoms with Crippen LogP contribution in [-0.2, 0) is 11.8 Å². The van der Waals surface area contributed by atoms with Crippen molar-refractivity contribution in [1.29, 1.82) is 0 Å². The molecule has 0 radical (unpaired) electrons. The molecule has 0 saturated heterocycles. The van der Waals surface area contributed by atoms with Crippen molar-refractivity contribution in [2.75, 3.05) is 6.54 Å². The Morgan fingerprint density at radius 3 is 2.67 bits per heavy atom. The molecule has 6 nitrogen and oxygen atoms in total. The van der Waals surface area contributed by atoms with Crippen LogP contribution in [0, 0.1) is 5.82 Å². The van der Waals surface area contributed by atoms with Gasteiger partial charge in [-0.2, -0.15) is 0 Å². The van der Waals surface area contributed by atoms with Crippen molar-refractivity contribution in [3.8, 4) is 0 Å². The summed E-state index contributed by atoms with van der Waals surface area (Å²) in [4.78, 5) is 29.2. The molecule has 1 atom stereocenters. The van der Waals surface area contributed by atoms with Gasteiger partial charge in [0.05, 0.1) is 4.88 Å². The number of aromatic nitrogens is 2. The standard InChI is InChI=1S/C19H19FN4O2S/c1-24-11-10-21-18(24)17(13-4-6-14(20)7-5-13)23-16(25)8-9-22-19(26)15-3-2-12-27-15/h2-7,10-12,17H,8-9H2,1H3,(H,22,26)(H,23,25). The molecule has 2 amide bonds. The number of imidazole rings is 1. The zero-order valence-electron chi connectivity index (χ0n) is 14.7. The van der Waals surface area contributed by atoms with Gasteiger partial charge in [0.15, 0.2) is 0 Å². The van der Waals surface area contributed by atoms with Gasteiger partial charge in [-0.25, -0.2) is 9.37 Å². The molecule has 0 spiro atoms. The van der Waals surface area contributed by atoms with Crippen LogP contribution in [0.25, 0.3) is 0 Å². The Bertz CT molecular complexity index is 906. The lowest BCUT2D eigenvalue weighted by Gasteiger charge is -2.19. The zero-order valence-corrected chi connectivity index (χ0v) is 15.5. The molecular weight excluding hydrogens is 367 g/mol. The molecule has 27 heavy (non-hydrogen) atoms. The summed E-state index contributed by atoms with van der Waals surface area (Å²) in [5.74, 6) is -0.145. The van der Waals surface area contributed by atoms with Crippen LogP contribution in [0.4, 0.5) is 4.39 Å². The summed E-state index contributed by atoms with van der Waals surface area (Å²) in [6.07, 6.45) is 3.54. The normalized spacial score (nSPS) is 11.8. The van der Waals surface area contributed by atoms with E-state index >= 15 is 0 Å². The van der Waals surface area contributed by atoms with Gasteiger partial charge >= 0.3 is 0 Å². The van der Waals surface area contributed by atoms with Crippen molar-refractivity contribution >= 4 is 23.2 Å². The molecule has 0 aliphatic rings. The van der Waals surface area contributed by atoms with Crippen molar-refractivity contribution in [1.82, 2.24) is 20.2 Å². The van der Waals surface area contributed by atoms with Gasteiger partial charge in [0, 0.05) is 32.4 Å². The Morgan fingerprint density at radius 1 is 1.26 bits per heavy atom. The molecule has 140 valence electrons. The molecule has 8 heteroatoms. The van der Waals surface area contributed by atoms with Crippen molar-refractivity contribution in [2.45, 2.75) is 12.5 Å².